The van der Waals surface area contributed by atoms with Crippen molar-refractivity contribution in [3.8, 4) is 12.3 Å². The molecule has 0 atom stereocenters. The number of halogens is 1. The van der Waals surface area contributed by atoms with Gasteiger partial charge in [0.1, 0.15) is 5.69 Å². The highest BCUT2D eigenvalue weighted by Gasteiger charge is 1.98. The van der Waals surface area contributed by atoms with Crippen molar-refractivity contribution in [3.63, 3.8) is 0 Å². The first-order valence-corrected chi connectivity index (χ1v) is 3.19. The lowest BCUT2D eigenvalue weighted by Gasteiger charge is -1.79. The summed E-state index contributed by atoms with van der Waals surface area (Å²) >= 11 is 3.25. The van der Waals surface area contributed by atoms with Crippen LogP contribution in [0.4, 0.5) is 0 Å². The van der Waals surface area contributed by atoms with E-state index in [1.165, 1.54) is 0 Å². The molecule has 0 spiro atoms. The first kappa shape index (κ1) is 6.37. The summed E-state index contributed by atoms with van der Waals surface area (Å²) in [6.45, 7) is 0. The Morgan fingerprint density at radius 2 is 2.56 bits per heavy atom. The van der Waals surface area contributed by atoms with Crippen molar-refractivity contribution >= 4 is 15.9 Å². The van der Waals surface area contributed by atoms with Crippen LogP contribution in [0.3, 0.4) is 0 Å². The van der Waals surface area contributed by atoms with E-state index < -0.39 is 0 Å². The van der Waals surface area contributed by atoms with E-state index in [0.717, 1.165) is 4.47 Å². The molecule has 1 aromatic heterocycles. The van der Waals surface area contributed by atoms with Gasteiger partial charge in [-0.1, -0.05) is 0 Å². The second-order valence-electron chi connectivity index (χ2n) is 1.64. The van der Waals surface area contributed by atoms with Gasteiger partial charge in [-0.25, -0.2) is 0 Å². The van der Waals surface area contributed by atoms with Crippen LogP contribution in [0, 0.1) is 12.3 Å². The Labute approximate surface area is 62.0 Å². The number of aryl methyl sites for hydroxylation is 1. The van der Waals surface area contributed by atoms with Crippen LogP contribution >= 0.6 is 15.9 Å². The molecule has 3 heteroatoms. The minimum Gasteiger partial charge on any atom is -0.273 e. The highest BCUT2D eigenvalue weighted by atomic mass is 79.9. The van der Waals surface area contributed by atoms with Gasteiger partial charge in [0.2, 0.25) is 0 Å². The summed E-state index contributed by atoms with van der Waals surface area (Å²) in [5, 5.41) is 3.96. The van der Waals surface area contributed by atoms with Gasteiger partial charge < -0.3 is 0 Å². The molecule has 0 aliphatic carbocycles. The van der Waals surface area contributed by atoms with Gasteiger partial charge in [-0.05, 0) is 21.9 Å². The summed E-state index contributed by atoms with van der Waals surface area (Å²) in [4.78, 5) is 0. The van der Waals surface area contributed by atoms with Crippen LogP contribution in [0.5, 0.6) is 0 Å². The fourth-order valence-corrected chi connectivity index (χ4v) is 1.05. The SMILES string of the molecule is C#Cc1nn(C)cc1Br. The largest absolute Gasteiger partial charge is 0.273 e. The summed E-state index contributed by atoms with van der Waals surface area (Å²) in [6, 6.07) is 0. The maximum Gasteiger partial charge on any atom is 0.149 e. The zero-order valence-electron chi connectivity index (χ0n) is 4.93. The van der Waals surface area contributed by atoms with Gasteiger partial charge in [0.25, 0.3) is 0 Å². The summed E-state index contributed by atoms with van der Waals surface area (Å²) in [5.41, 5.74) is 0.650. The molecule has 0 aliphatic heterocycles. The van der Waals surface area contributed by atoms with Gasteiger partial charge in [-0.2, -0.15) is 5.10 Å². The van der Waals surface area contributed by atoms with Crippen LogP contribution in [0.25, 0.3) is 0 Å². The van der Waals surface area contributed by atoms with E-state index >= 15 is 0 Å². The van der Waals surface area contributed by atoms with E-state index in [-0.39, 0.29) is 0 Å². The molecule has 0 bridgehead atoms. The summed E-state index contributed by atoms with van der Waals surface area (Å²) in [5.74, 6) is 2.44. The number of aromatic nitrogens is 2. The zero-order chi connectivity index (χ0) is 6.85. The van der Waals surface area contributed by atoms with Gasteiger partial charge >= 0.3 is 0 Å². The highest BCUT2D eigenvalue weighted by Crippen LogP contribution is 2.11. The summed E-state index contributed by atoms with van der Waals surface area (Å²) in [6.07, 6.45) is 6.92. The fourth-order valence-electron chi connectivity index (χ4n) is 0.557. The minimum absolute atomic E-state index is 0.650. The molecule has 0 N–H and O–H groups in total. The third-order valence-corrected chi connectivity index (χ3v) is 1.50. The molecule has 46 valence electrons. The standard InChI is InChI=1S/C6H5BrN2/c1-3-6-5(7)4-9(2)8-6/h1,4H,2H3. The molecule has 0 aliphatic rings. The lowest BCUT2D eigenvalue weighted by molar-refractivity contribution is 0.763. The lowest BCUT2D eigenvalue weighted by atomic mass is 10.5. The van der Waals surface area contributed by atoms with Crippen molar-refractivity contribution in [3.05, 3.63) is 16.4 Å². The van der Waals surface area contributed by atoms with Crippen molar-refractivity contribution in [1.29, 1.82) is 0 Å². The van der Waals surface area contributed by atoms with Crippen LogP contribution in [-0.4, -0.2) is 9.78 Å². The average Bonchev–Trinajstić information content (AvgIpc) is 2.10. The Morgan fingerprint density at radius 1 is 1.89 bits per heavy atom. The Balaban J connectivity index is 3.20. The van der Waals surface area contributed by atoms with Crippen LogP contribution in [0.2, 0.25) is 0 Å². The highest BCUT2D eigenvalue weighted by molar-refractivity contribution is 9.10. The van der Waals surface area contributed by atoms with Gasteiger partial charge in [-0.15, -0.1) is 6.42 Å². The van der Waals surface area contributed by atoms with E-state index in [4.69, 9.17) is 6.42 Å². The molecule has 9 heavy (non-hydrogen) atoms. The Morgan fingerprint density at radius 3 is 2.78 bits per heavy atom. The Bertz CT molecular complexity index is 257. The second-order valence-corrected chi connectivity index (χ2v) is 2.50. The molecule has 0 aromatic carbocycles. The maximum atomic E-state index is 5.11. The molecule has 0 amide bonds. The predicted molar refractivity (Wildman–Crippen MR) is 38.8 cm³/mol. The quantitative estimate of drug-likeness (QED) is 0.554. The number of rotatable bonds is 0. The first-order chi connectivity index (χ1) is 4.24. The molecule has 0 saturated carbocycles. The van der Waals surface area contributed by atoms with Crippen LogP contribution in [0.15, 0.2) is 10.7 Å². The van der Waals surface area contributed by atoms with Crippen molar-refractivity contribution < 1.29 is 0 Å². The van der Waals surface area contributed by atoms with E-state index in [2.05, 4.69) is 26.9 Å². The predicted octanol–water partition coefficient (Wildman–Crippen LogP) is 1.16. The molecule has 0 radical (unpaired) electrons. The van der Waals surface area contributed by atoms with Gasteiger partial charge in [0, 0.05) is 13.2 Å². The lowest BCUT2D eigenvalue weighted by Crippen LogP contribution is -1.86. The number of hydrogen-bond acceptors (Lipinski definition) is 1. The van der Waals surface area contributed by atoms with Gasteiger partial charge in [0.05, 0.1) is 4.47 Å². The fraction of sp³-hybridized carbons (Fsp3) is 0.167. The van der Waals surface area contributed by atoms with Crippen molar-refractivity contribution in [2.24, 2.45) is 7.05 Å². The molecule has 0 unspecified atom stereocenters. The van der Waals surface area contributed by atoms with Gasteiger partial charge in [0.15, 0.2) is 0 Å². The Hall–Kier alpha value is -0.750. The number of nitrogens with zero attached hydrogens (tertiary/aromatic N) is 2. The monoisotopic (exact) mass is 184 g/mol. The maximum absolute atomic E-state index is 5.11. The molecule has 0 fully saturated rings. The van der Waals surface area contributed by atoms with Crippen LogP contribution in [-0.2, 0) is 7.05 Å². The van der Waals surface area contributed by atoms with Crippen LogP contribution < -0.4 is 0 Å². The van der Waals surface area contributed by atoms with E-state index in [0.29, 0.717) is 5.69 Å². The molecular weight excluding hydrogens is 180 g/mol. The average molecular weight is 185 g/mol. The molecule has 0 saturated heterocycles. The molecule has 1 aromatic rings. The second kappa shape index (κ2) is 2.24. The third kappa shape index (κ3) is 1.14. The van der Waals surface area contributed by atoms with Crippen molar-refractivity contribution in [2.75, 3.05) is 0 Å². The van der Waals surface area contributed by atoms with Crippen molar-refractivity contribution in [1.82, 2.24) is 9.78 Å². The zero-order valence-corrected chi connectivity index (χ0v) is 6.51. The summed E-state index contributed by atoms with van der Waals surface area (Å²) < 4.78 is 2.53. The molecular formula is C6H5BrN2. The smallest absolute Gasteiger partial charge is 0.149 e. The topological polar surface area (TPSA) is 17.8 Å². The summed E-state index contributed by atoms with van der Waals surface area (Å²) in [7, 11) is 1.82. The third-order valence-electron chi connectivity index (χ3n) is 0.921. The molecule has 1 rings (SSSR count). The van der Waals surface area contributed by atoms with Crippen molar-refractivity contribution in [2.45, 2.75) is 0 Å². The number of terminal acetylenes is 1. The van der Waals surface area contributed by atoms with Gasteiger partial charge in [-0.3, -0.25) is 4.68 Å². The van der Waals surface area contributed by atoms with E-state index in [1.807, 2.05) is 13.2 Å². The van der Waals surface area contributed by atoms with E-state index in [9.17, 15) is 0 Å². The molecule has 1 heterocycles. The van der Waals surface area contributed by atoms with Crippen LogP contribution in [0.1, 0.15) is 5.69 Å². The molecule has 2 nitrogen and oxygen atoms in total. The first-order valence-electron chi connectivity index (χ1n) is 2.40. The number of hydrogen-bond donors (Lipinski definition) is 0. The Kier molecular flexibility index (Phi) is 1.58. The minimum atomic E-state index is 0.650. The normalized spacial score (nSPS) is 9.00. The van der Waals surface area contributed by atoms with E-state index in [1.54, 1.807) is 4.68 Å².